The zero-order valence-corrected chi connectivity index (χ0v) is 16.7. The predicted octanol–water partition coefficient (Wildman–Crippen LogP) is 5.09. The van der Waals surface area contributed by atoms with Crippen LogP contribution in [0.4, 0.5) is 0 Å². The van der Waals surface area contributed by atoms with Gasteiger partial charge in [0.1, 0.15) is 0 Å². The number of carbonyl (C=O) groups excluding carboxylic acids is 1. The molecule has 0 saturated heterocycles. The highest BCUT2D eigenvalue weighted by molar-refractivity contribution is 9.10. The molecule has 1 aromatic heterocycles. The monoisotopic (exact) mass is 403 g/mol. The lowest BCUT2D eigenvalue weighted by molar-refractivity contribution is 0.0682. The first-order chi connectivity index (χ1) is 12.0. The molecule has 1 saturated carbocycles. The van der Waals surface area contributed by atoms with E-state index in [1.807, 2.05) is 11.9 Å². The Labute approximate surface area is 158 Å². The Bertz CT molecular complexity index is 718. The number of hydrogen-bond acceptors (Lipinski definition) is 2. The molecule has 0 atom stereocenters. The lowest BCUT2D eigenvalue weighted by atomic mass is 9.81. The second kappa shape index (κ2) is 7.73. The Morgan fingerprint density at radius 1 is 1.20 bits per heavy atom. The first-order valence-electron chi connectivity index (χ1n) is 9.05. The number of aromatic amines is 1. The summed E-state index contributed by atoms with van der Waals surface area (Å²) in [6.45, 7) is 4.17. The maximum atomic E-state index is 12.9. The van der Waals surface area contributed by atoms with Gasteiger partial charge in [0.05, 0.1) is 10.2 Å². The van der Waals surface area contributed by atoms with Crippen molar-refractivity contribution in [3.05, 3.63) is 51.8 Å². The molecule has 2 aromatic rings. The van der Waals surface area contributed by atoms with Crippen LogP contribution in [0, 0.1) is 0 Å². The normalized spacial score (nSPS) is 20.7. The SMILES string of the molecule is CC(C)c1[nH]nc(C(=O)N(C)C2CCC(c3ccccc3)CC2)c1Br. The minimum Gasteiger partial charge on any atom is -0.337 e. The molecule has 0 radical (unpaired) electrons. The molecule has 0 bridgehead atoms. The van der Waals surface area contributed by atoms with Crippen molar-refractivity contribution in [1.29, 1.82) is 0 Å². The van der Waals surface area contributed by atoms with Gasteiger partial charge in [0, 0.05) is 13.1 Å². The molecule has 1 aliphatic carbocycles. The standard InChI is InChI=1S/C20H26BrN3O/c1-13(2)18-17(21)19(23-22-18)20(25)24(3)16-11-9-15(10-12-16)14-7-5-4-6-8-14/h4-8,13,15-16H,9-12H2,1-3H3,(H,22,23). The van der Waals surface area contributed by atoms with Gasteiger partial charge >= 0.3 is 0 Å². The summed E-state index contributed by atoms with van der Waals surface area (Å²) in [4.78, 5) is 14.7. The van der Waals surface area contributed by atoms with Gasteiger partial charge in [-0.15, -0.1) is 0 Å². The van der Waals surface area contributed by atoms with Crippen LogP contribution in [-0.2, 0) is 0 Å². The van der Waals surface area contributed by atoms with Crippen LogP contribution in [0.2, 0.25) is 0 Å². The summed E-state index contributed by atoms with van der Waals surface area (Å²) >= 11 is 3.54. The second-order valence-corrected chi connectivity index (χ2v) is 8.08. The van der Waals surface area contributed by atoms with Crippen LogP contribution >= 0.6 is 15.9 Å². The van der Waals surface area contributed by atoms with E-state index in [1.165, 1.54) is 5.56 Å². The maximum Gasteiger partial charge on any atom is 0.275 e. The summed E-state index contributed by atoms with van der Waals surface area (Å²) < 4.78 is 0.803. The molecule has 25 heavy (non-hydrogen) atoms. The van der Waals surface area contributed by atoms with E-state index in [4.69, 9.17) is 0 Å². The van der Waals surface area contributed by atoms with Crippen LogP contribution in [0.15, 0.2) is 34.8 Å². The molecule has 3 rings (SSSR count). The number of carbonyl (C=O) groups is 1. The topological polar surface area (TPSA) is 49.0 Å². The predicted molar refractivity (Wildman–Crippen MR) is 104 cm³/mol. The number of hydrogen-bond donors (Lipinski definition) is 1. The summed E-state index contributed by atoms with van der Waals surface area (Å²) in [6, 6.07) is 11.0. The largest absolute Gasteiger partial charge is 0.337 e. The van der Waals surface area contributed by atoms with Gasteiger partial charge in [-0.25, -0.2) is 0 Å². The minimum absolute atomic E-state index is 0.00168. The van der Waals surface area contributed by atoms with E-state index in [0.29, 0.717) is 23.6 Å². The fraction of sp³-hybridized carbons (Fsp3) is 0.500. The van der Waals surface area contributed by atoms with Crippen LogP contribution in [0.3, 0.4) is 0 Å². The number of nitrogens with zero attached hydrogens (tertiary/aromatic N) is 2. The summed E-state index contributed by atoms with van der Waals surface area (Å²) in [7, 11) is 1.91. The van der Waals surface area contributed by atoms with Crippen molar-refractivity contribution in [1.82, 2.24) is 15.1 Å². The van der Waals surface area contributed by atoms with E-state index in [0.717, 1.165) is 35.8 Å². The molecule has 1 aliphatic rings. The molecule has 5 heteroatoms. The van der Waals surface area contributed by atoms with Crippen molar-refractivity contribution in [2.45, 2.75) is 57.4 Å². The van der Waals surface area contributed by atoms with Gasteiger partial charge in [-0.3, -0.25) is 9.89 Å². The summed E-state index contributed by atoms with van der Waals surface area (Å²) in [5, 5.41) is 7.25. The molecule has 1 aromatic carbocycles. The fourth-order valence-electron chi connectivity index (χ4n) is 3.72. The van der Waals surface area contributed by atoms with Gasteiger partial charge in [-0.1, -0.05) is 44.2 Å². The Hall–Kier alpha value is -1.62. The number of nitrogens with one attached hydrogen (secondary N) is 1. The first kappa shape index (κ1) is 18.2. The number of aromatic nitrogens is 2. The third kappa shape index (κ3) is 3.81. The van der Waals surface area contributed by atoms with E-state index < -0.39 is 0 Å². The number of amides is 1. The summed E-state index contributed by atoms with van der Waals surface area (Å²) in [5.74, 6) is 0.916. The van der Waals surface area contributed by atoms with Crippen molar-refractivity contribution in [3.63, 3.8) is 0 Å². The average molecular weight is 404 g/mol. The van der Waals surface area contributed by atoms with Gasteiger partial charge in [0.2, 0.25) is 0 Å². The molecule has 1 fully saturated rings. The molecular weight excluding hydrogens is 378 g/mol. The van der Waals surface area contributed by atoms with Crippen molar-refractivity contribution < 1.29 is 4.79 Å². The molecule has 1 heterocycles. The van der Waals surface area contributed by atoms with Gasteiger partial charge < -0.3 is 4.90 Å². The number of H-pyrrole nitrogens is 1. The lowest BCUT2D eigenvalue weighted by Gasteiger charge is -2.34. The van der Waals surface area contributed by atoms with Crippen LogP contribution in [0.25, 0.3) is 0 Å². The number of rotatable bonds is 4. The Kier molecular flexibility index (Phi) is 5.62. The Morgan fingerprint density at radius 3 is 2.40 bits per heavy atom. The maximum absolute atomic E-state index is 12.9. The van der Waals surface area contributed by atoms with Crippen LogP contribution in [0.5, 0.6) is 0 Å². The quantitative estimate of drug-likeness (QED) is 0.771. The molecular formula is C20H26BrN3O. The van der Waals surface area contributed by atoms with E-state index >= 15 is 0 Å². The third-order valence-corrected chi connectivity index (χ3v) is 6.15. The van der Waals surface area contributed by atoms with Gasteiger partial charge in [0.25, 0.3) is 5.91 Å². The molecule has 1 amide bonds. The van der Waals surface area contributed by atoms with Crippen molar-refractivity contribution >= 4 is 21.8 Å². The summed E-state index contributed by atoms with van der Waals surface area (Å²) in [5.41, 5.74) is 2.90. The zero-order valence-electron chi connectivity index (χ0n) is 15.1. The highest BCUT2D eigenvalue weighted by Gasteiger charge is 2.30. The lowest BCUT2D eigenvalue weighted by Crippen LogP contribution is -2.39. The van der Waals surface area contributed by atoms with Crippen LogP contribution < -0.4 is 0 Å². The Balaban J connectivity index is 1.64. The second-order valence-electron chi connectivity index (χ2n) is 7.29. The summed E-state index contributed by atoms with van der Waals surface area (Å²) in [6.07, 6.45) is 4.35. The van der Waals surface area contributed by atoms with Crippen LogP contribution in [0.1, 0.15) is 73.1 Å². The van der Waals surface area contributed by atoms with Crippen molar-refractivity contribution in [2.75, 3.05) is 7.05 Å². The number of benzene rings is 1. The van der Waals surface area contributed by atoms with Gasteiger partial charge in [-0.05, 0) is 59.0 Å². The molecule has 1 N–H and O–H groups in total. The van der Waals surface area contributed by atoms with Crippen molar-refractivity contribution in [3.8, 4) is 0 Å². The average Bonchev–Trinajstić information content (AvgIpc) is 3.03. The van der Waals surface area contributed by atoms with Gasteiger partial charge in [0.15, 0.2) is 5.69 Å². The third-order valence-electron chi connectivity index (χ3n) is 5.35. The first-order valence-corrected chi connectivity index (χ1v) is 9.84. The minimum atomic E-state index is -0.00168. The van der Waals surface area contributed by atoms with E-state index in [1.54, 1.807) is 0 Å². The van der Waals surface area contributed by atoms with E-state index in [-0.39, 0.29) is 5.91 Å². The van der Waals surface area contributed by atoms with Crippen molar-refractivity contribution in [2.24, 2.45) is 0 Å². The Morgan fingerprint density at radius 2 is 1.84 bits per heavy atom. The fourth-order valence-corrected chi connectivity index (χ4v) is 4.53. The molecule has 0 spiro atoms. The van der Waals surface area contributed by atoms with E-state index in [9.17, 15) is 4.79 Å². The molecule has 0 aliphatic heterocycles. The molecule has 4 nitrogen and oxygen atoms in total. The highest BCUT2D eigenvalue weighted by atomic mass is 79.9. The number of halogens is 1. The molecule has 0 unspecified atom stereocenters. The highest BCUT2D eigenvalue weighted by Crippen LogP contribution is 2.35. The van der Waals surface area contributed by atoms with E-state index in [2.05, 4.69) is 70.3 Å². The van der Waals surface area contributed by atoms with Crippen LogP contribution in [-0.4, -0.2) is 34.1 Å². The zero-order chi connectivity index (χ0) is 18.0. The van der Waals surface area contributed by atoms with Gasteiger partial charge in [-0.2, -0.15) is 5.10 Å². The smallest absolute Gasteiger partial charge is 0.275 e. The molecule has 134 valence electrons.